The number of ether oxygens (including phenoxy) is 1. The van der Waals surface area contributed by atoms with E-state index in [1.54, 1.807) is 19.5 Å². The first-order valence-corrected chi connectivity index (χ1v) is 5.64. The number of nitrogens with one attached hydrogen (secondary N) is 1. The summed E-state index contributed by atoms with van der Waals surface area (Å²) >= 11 is 0. The van der Waals surface area contributed by atoms with Gasteiger partial charge in [0.1, 0.15) is 5.75 Å². The van der Waals surface area contributed by atoms with E-state index in [4.69, 9.17) is 10.5 Å². The molecule has 0 spiro atoms. The smallest absolute Gasteiger partial charge is 0.143 e. The second-order valence-corrected chi connectivity index (χ2v) is 3.92. The molecule has 0 amide bonds. The van der Waals surface area contributed by atoms with Crippen molar-refractivity contribution < 1.29 is 4.74 Å². The zero-order valence-electron chi connectivity index (χ0n) is 10.5. The molecule has 94 valence electrons. The summed E-state index contributed by atoms with van der Waals surface area (Å²) in [5.41, 5.74) is 9.15. The molecule has 0 aliphatic carbocycles. The Hall–Kier alpha value is -2.30. The highest BCUT2D eigenvalue weighted by Gasteiger charge is 2.04. The fourth-order valence-corrected chi connectivity index (χ4v) is 1.57. The molecular weight excluding hydrogens is 228 g/mol. The van der Waals surface area contributed by atoms with Gasteiger partial charge in [0.2, 0.25) is 0 Å². The van der Waals surface area contributed by atoms with Crippen molar-refractivity contribution in [2.75, 3.05) is 18.2 Å². The SMILES string of the molecule is COc1cccc(NCc2cnc(C)cn2)c1N. The Labute approximate surface area is 106 Å². The van der Waals surface area contributed by atoms with Crippen LogP contribution in [0.5, 0.6) is 5.75 Å². The first-order valence-electron chi connectivity index (χ1n) is 5.64. The largest absolute Gasteiger partial charge is 0.495 e. The minimum absolute atomic E-state index is 0.574. The highest BCUT2D eigenvalue weighted by Crippen LogP contribution is 2.28. The van der Waals surface area contributed by atoms with Crippen LogP contribution >= 0.6 is 0 Å². The van der Waals surface area contributed by atoms with Crippen LogP contribution in [-0.4, -0.2) is 17.1 Å². The van der Waals surface area contributed by atoms with Gasteiger partial charge in [-0.3, -0.25) is 9.97 Å². The lowest BCUT2D eigenvalue weighted by molar-refractivity contribution is 0.417. The summed E-state index contributed by atoms with van der Waals surface area (Å²) < 4.78 is 5.16. The molecule has 1 heterocycles. The average molecular weight is 244 g/mol. The molecule has 1 aromatic heterocycles. The number of anilines is 2. The Bertz CT molecular complexity index is 525. The Morgan fingerprint density at radius 1 is 1.28 bits per heavy atom. The molecule has 0 aliphatic heterocycles. The zero-order valence-corrected chi connectivity index (χ0v) is 10.5. The Balaban J connectivity index is 2.08. The Morgan fingerprint density at radius 2 is 2.11 bits per heavy atom. The average Bonchev–Trinajstić information content (AvgIpc) is 2.39. The van der Waals surface area contributed by atoms with E-state index in [1.165, 1.54) is 0 Å². The lowest BCUT2D eigenvalue weighted by Gasteiger charge is -2.11. The lowest BCUT2D eigenvalue weighted by Crippen LogP contribution is -2.05. The van der Waals surface area contributed by atoms with Gasteiger partial charge in [-0.25, -0.2) is 0 Å². The van der Waals surface area contributed by atoms with Crippen LogP contribution in [0.25, 0.3) is 0 Å². The Kier molecular flexibility index (Phi) is 3.62. The summed E-state index contributed by atoms with van der Waals surface area (Å²) in [6, 6.07) is 5.62. The van der Waals surface area contributed by atoms with Crippen molar-refractivity contribution >= 4 is 11.4 Å². The molecule has 0 bridgehead atoms. The maximum Gasteiger partial charge on any atom is 0.143 e. The van der Waals surface area contributed by atoms with Crippen LogP contribution in [0.3, 0.4) is 0 Å². The molecular formula is C13H16N4O. The number of hydrogen-bond donors (Lipinski definition) is 2. The number of benzene rings is 1. The highest BCUT2D eigenvalue weighted by atomic mass is 16.5. The normalized spacial score (nSPS) is 10.1. The number of hydrogen-bond acceptors (Lipinski definition) is 5. The van der Waals surface area contributed by atoms with E-state index in [0.717, 1.165) is 17.1 Å². The van der Waals surface area contributed by atoms with E-state index in [0.29, 0.717) is 18.0 Å². The molecule has 0 radical (unpaired) electrons. The van der Waals surface area contributed by atoms with Crippen LogP contribution in [-0.2, 0) is 6.54 Å². The summed E-state index contributed by atoms with van der Waals surface area (Å²) in [6.45, 7) is 2.48. The van der Waals surface area contributed by atoms with Crippen LogP contribution in [0.15, 0.2) is 30.6 Å². The van der Waals surface area contributed by atoms with Gasteiger partial charge in [-0.2, -0.15) is 0 Å². The summed E-state index contributed by atoms with van der Waals surface area (Å²) in [6.07, 6.45) is 3.49. The number of aromatic nitrogens is 2. The molecule has 0 fully saturated rings. The first kappa shape index (κ1) is 12.2. The van der Waals surface area contributed by atoms with Crippen LogP contribution in [0.1, 0.15) is 11.4 Å². The van der Waals surface area contributed by atoms with E-state index in [1.807, 2.05) is 25.1 Å². The van der Waals surface area contributed by atoms with Crippen molar-refractivity contribution in [2.24, 2.45) is 0 Å². The fourth-order valence-electron chi connectivity index (χ4n) is 1.57. The van der Waals surface area contributed by atoms with E-state index in [2.05, 4.69) is 15.3 Å². The molecule has 0 atom stereocenters. The number of para-hydroxylation sites is 1. The van der Waals surface area contributed by atoms with Gasteiger partial charge >= 0.3 is 0 Å². The van der Waals surface area contributed by atoms with Gasteiger partial charge < -0.3 is 15.8 Å². The van der Waals surface area contributed by atoms with Gasteiger partial charge in [0.05, 0.1) is 42.6 Å². The van der Waals surface area contributed by atoms with Crippen molar-refractivity contribution in [3.05, 3.63) is 42.0 Å². The van der Waals surface area contributed by atoms with Gasteiger partial charge in [0.15, 0.2) is 0 Å². The standard InChI is InChI=1S/C13H16N4O/c1-9-6-16-10(7-15-9)8-17-11-4-3-5-12(18-2)13(11)14/h3-7,17H,8,14H2,1-2H3. The van der Waals surface area contributed by atoms with Crippen molar-refractivity contribution in [1.29, 1.82) is 0 Å². The molecule has 0 saturated heterocycles. The molecule has 5 heteroatoms. The number of rotatable bonds is 4. The minimum Gasteiger partial charge on any atom is -0.495 e. The van der Waals surface area contributed by atoms with Crippen LogP contribution in [0, 0.1) is 6.92 Å². The molecule has 2 aromatic rings. The quantitative estimate of drug-likeness (QED) is 0.805. The summed E-state index contributed by atoms with van der Waals surface area (Å²) in [5, 5.41) is 3.22. The molecule has 1 aromatic carbocycles. The lowest BCUT2D eigenvalue weighted by atomic mass is 10.2. The summed E-state index contributed by atoms with van der Waals surface area (Å²) in [5.74, 6) is 0.662. The predicted octanol–water partition coefficient (Wildman–Crippen LogP) is 1.99. The molecule has 2 rings (SSSR count). The predicted molar refractivity (Wildman–Crippen MR) is 71.5 cm³/mol. The second-order valence-electron chi connectivity index (χ2n) is 3.92. The maximum absolute atomic E-state index is 5.96. The second kappa shape index (κ2) is 5.35. The van der Waals surface area contributed by atoms with E-state index >= 15 is 0 Å². The number of nitrogens with two attached hydrogens (primary N) is 1. The van der Waals surface area contributed by atoms with Crippen LogP contribution in [0.4, 0.5) is 11.4 Å². The third kappa shape index (κ3) is 2.68. The van der Waals surface area contributed by atoms with Gasteiger partial charge in [-0.05, 0) is 19.1 Å². The molecule has 3 N–H and O–H groups in total. The van der Waals surface area contributed by atoms with Crippen LogP contribution in [0.2, 0.25) is 0 Å². The van der Waals surface area contributed by atoms with E-state index in [-0.39, 0.29) is 0 Å². The van der Waals surface area contributed by atoms with E-state index < -0.39 is 0 Å². The molecule has 0 unspecified atom stereocenters. The summed E-state index contributed by atoms with van der Waals surface area (Å²) in [7, 11) is 1.60. The summed E-state index contributed by atoms with van der Waals surface area (Å²) in [4.78, 5) is 8.46. The van der Waals surface area contributed by atoms with Crippen LogP contribution < -0.4 is 15.8 Å². The van der Waals surface area contributed by atoms with Crippen molar-refractivity contribution in [3.8, 4) is 5.75 Å². The molecule has 0 aliphatic rings. The number of aryl methyl sites for hydroxylation is 1. The third-order valence-electron chi connectivity index (χ3n) is 2.58. The number of nitrogen functional groups attached to an aromatic ring is 1. The molecule has 0 saturated carbocycles. The molecule has 5 nitrogen and oxygen atoms in total. The van der Waals surface area contributed by atoms with Crippen molar-refractivity contribution in [1.82, 2.24) is 9.97 Å². The van der Waals surface area contributed by atoms with Gasteiger partial charge in [0, 0.05) is 6.20 Å². The fraction of sp³-hybridized carbons (Fsp3) is 0.231. The number of nitrogens with zero attached hydrogens (tertiary/aromatic N) is 2. The minimum atomic E-state index is 0.574. The van der Waals surface area contributed by atoms with Gasteiger partial charge in [-0.15, -0.1) is 0 Å². The topological polar surface area (TPSA) is 73.1 Å². The van der Waals surface area contributed by atoms with Crippen molar-refractivity contribution in [3.63, 3.8) is 0 Å². The molecule has 18 heavy (non-hydrogen) atoms. The Morgan fingerprint density at radius 3 is 2.78 bits per heavy atom. The van der Waals surface area contributed by atoms with Gasteiger partial charge in [-0.1, -0.05) is 6.07 Å². The maximum atomic E-state index is 5.96. The third-order valence-corrected chi connectivity index (χ3v) is 2.58. The number of methoxy groups -OCH3 is 1. The zero-order chi connectivity index (χ0) is 13.0. The monoisotopic (exact) mass is 244 g/mol. The first-order chi connectivity index (χ1) is 8.70. The van der Waals surface area contributed by atoms with Crippen molar-refractivity contribution in [2.45, 2.75) is 13.5 Å². The van der Waals surface area contributed by atoms with E-state index in [9.17, 15) is 0 Å². The highest BCUT2D eigenvalue weighted by molar-refractivity contribution is 5.72. The van der Waals surface area contributed by atoms with Gasteiger partial charge in [0.25, 0.3) is 0 Å².